The lowest BCUT2D eigenvalue weighted by atomic mass is 9.97. The maximum atomic E-state index is 12.9. The highest BCUT2D eigenvalue weighted by atomic mass is 79.9. The first kappa shape index (κ1) is 24.0. The quantitative estimate of drug-likeness (QED) is 0.306. The number of piperidine rings is 1. The van der Waals surface area contributed by atoms with Crippen molar-refractivity contribution in [3.05, 3.63) is 93.7 Å². The van der Waals surface area contributed by atoms with Crippen molar-refractivity contribution in [2.45, 2.75) is 25.8 Å². The summed E-state index contributed by atoms with van der Waals surface area (Å²) in [5.41, 5.74) is 4.34. The minimum absolute atomic E-state index is 0.000484. The number of carbonyl (C=O) groups excluding carboxylic acids is 1. The number of carbonyl (C=O) groups is 1. The number of fused-ring (bicyclic) bond motifs is 1. The second-order valence-corrected chi connectivity index (χ2v) is 10.4. The number of amides is 1. The topological polar surface area (TPSA) is 50.2 Å². The first-order chi connectivity index (χ1) is 17.1. The number of halogens is 2. The van der Waals surface area contributed by atoms with E-state index in [0.717, 1.165) is 64.4 Å². The molecule has 180 valence electrons. The molecule has 35 heavy (non-hydrogen) atoms. The number of hydrogen-bond acceptors (Lipinski definition) is 3. The minimum Gasteiger partial charge on any atom is -0.355 e. The van der Waals surface area contributed by atoms with Gasteiger partial charge in [-0.05, 0) is 79.9 Å². The molecule has 0 unspecified atom stereocenters. The Morgan fingerprint density at radius 2 is 1.83 bits per heavy atom. The Kier molecular flexibility index (Phi) is 7.51. The van der Waals surface area contributed by atoms with Crippen molar-refractivity contribution in [1.29, 1.82) is 0 Å². The van der Waals surface area contributed by atoms with Crippen LogP contribution in [-0.4, -0.2) is 40.0 Å². The van der Waals surface area contributed by atoms with Gasteiger partial charge in [-0.3, -0.25) is 14.3 Å². The van der Waals surface area contributed by atoms with Gasteiger partial charge in [0, 0.05) is 28.3 Å². The first-order valence-corrected chi connectivity index (χ1v) is 13.2. The molecular formula is C28H28BrClN4O. The number of imidazole rings is 1. The van der Waals surface area contributed by atoms with Crippen LogP contribution < -0.4 is 5.32 Å². The van der Waals surface area contributed by atoms with Crippen molar-refractivity contribution < 1.29 is 4.79 Å². The van der Waals surface area contributed by atoms with Crippen LogP contribution in [0.15, 0.2) is 77.3 Å². The second kappa shape index (κ2) is 10.9. The molecule has 1 N–H and O–H groups in total. The lowest BCUT2D eigenvalue weighted by molar-refractivity contribution is -0.126. The average Bonchev–Trinajstić information content (AvgIpc) is 3.23. The van der Waals surface area contributed by atoms with Gasteiger partial charge in [0.05, 0.1) is 23.5 Å². The molecule has 7 heteroatoms. The molecule has 1 amide bonds. The zero-order valence-electron chi connectivity index (χ0n) is 19.5. The van der Waals surface area contributed by atoms with Crippen LogP contribution in [-0.2, 0) is 17.8 Å². The van der Waals surface area contributed by atoms with E-state index in [9.17, 15) is 4.79 Å². The van der Waals surface area contributed by atoms with Gasteiger partial charge in [0.2, 0.25) is 5.91 Å². The predicted molar refractivity (Wildman–Crippen MR) is 145 cm³/mol. The molecule has 1 aliphatic rings. The molecule has 1 atom stereocenters. The number of hydrogen-bond donors (Lipinski definition) is 1. The summed E-state index contributed by atoms with van der Waals surface area (Å²) in [4.78, 5) is 20.2. The summed E-state index contributed by atoms with van der Waals surface area (Å²) in [6.45, 7) is 3.06. The van der Waals surface area contributed by atoms with Crippen LogP contribution in [0, 0.1) is 5.92 Å². The fourth-order valence-corrected chi connectivity index (χ4v) is 5.19. The molecule has 1 aromatic heterocycles. The zero-order valence-corrected chi connectivity index (χ0v) is 21.8. The molecule has 1 fully saturated rings. The molecule has 0 spiro atoms. The van der Waals surface area contributed by atoms with Crippen LogP contribution in [0.5, 0.6) is 0 Å². The van der Waals surface area contributed by atoms with E-state index >= 15 is 0 Å². The monoisotopic (exact) mass is 550 g/mol. The van der Waals surface area contributed by atoms with Gasteiger partial charge in [-0.25, -0.2) is 4.98 Å². The van der Waals surface area contributed by atoms with E-state index in [4.69, 9.17) is 16.6 Å². The van der Waals surface area contributed by atoms with Crippen LogP contribution in [0.25, 0.3) is 16.7 Å². The van der Waals surface area contributed by atoms with Crippen molar-refractivity contribution in [1.82, 2.24) is 19.8 Å². The number of para-hydroxylation sites is 2. The second-order valence-electron chi connectivity index (χ2n) is 9.07. The van der Waals surface area contributed by atoms with Crippen LogP contribution in [0.1, 0.15) is 24.2 Å². The summed E-state index contributed by atoms with van der Waals surface area (Å²) in [6, 6.07) is 24.4. The highest BCUT2D eigenvalue weighted by Gasteiger charge is 2.27. The molecule has 0 saturated carbocycles. The van der Waals surface area contributed by atoms with Crippen molar-refractivity contribution >= 4 is 44.5 Å². The fourth-order valence-electron chi connectivity index (χ4n) is 4.80. The van der Waals surface area contributed by atoms with Gasteiger partial charge in [0.15, 0.2) is 0 Å². The third-order valence-corrected chi connectivity index (χ3v) is 7.36. The molecule has 3 aromatic carbocycles. The Hall–Kier alpha value is -2.67. The molecule has 4 aromatic rings. The highest BCUT2D eigenvalue weighted by Crippen LogP contribution is 2.25. The summed E-state index contributed by atoms with van der Waals surface area (Å²) < 4.78 is 3.28. The smallest absolute Gasteiger partial charge is 0.224 e. The molecule has 5 nitrogen and oxygen atoms in total. The number of aromatic nitrogens is 2. The molecule has 0 aliphatic carbocycles. The van der Waals surface area contributed by atoms with E-state index in [1.807, 2.05) is 30.3 Å². The molecule has 0 radical (unpaired) electrons. The summed E-state index contributed by atoms with van der Waals surface area (Å²) >= 11 is 9.50. The van der Waals surface area contributed by atoms with Crippen LogP contribution in [0.3, 0.4) is 0 Å². The van der Waals surface area contributed by atoms with Gasteiger partial charge in [-0.2, -0.15) is 0 Å². The van der Waals surface area contributed by atoms with Crippen LogP contribution >= 0.6 is 27.5 Å². The largest absolute Gasteiger partial charge is 0.355 e. The van der Waals surface area contributed by atoms with Gasteiger partial charge in [-0.15, -0.1) is 0 Å². The van der Waals surface area contributed by atoms with E-state index < -0.39 is 0 Å². The Morgan fingerprint density at radius 3 is 2.63 bits per heavy atom. The Labute approximate surface area is 219 Å². The Balaban J connectivity index is 1.26. The average molecular weight is 552 g/mol. The van der Waals surface area contributed by atoms with E-state index in [1.165, 1.54) is 5.56 Å². The number of nitrogens with zero attached hydrogens (tertiary/aromatic N) is 3. The van der Waals surface area contributed by atoms with Crippen molar-refractivity contribution in [2.24, 2.45) is 5.92 Å². The van der Waals surface area contributed by atoms with Crippen LogP contribution in [0.2, 0.25) is 5.02 Å². The molecule has 2 heterocycles. The first-order valence-electron chi connectivity index (χ1n) is 12.0. The maximum absolute atomic E-state index is 12.9. The fraction of sp³-hybridized carbons (Fsp3) is 0.286. The zero-order chi connectivity index (χ0) is 24.2. The van der Waals surface area contributed by atoms with Crippen molar-refractivity contribution in [2.75, 3.05) is 19.6 Å². The van der Waals surface area contributed by atoms with Gasteiger partial charge in [0.1, 0.15) is 5.82 Å². The van der Waals surface area contributed by atoms with Gasteiger partial charge in [0.25, 0.3) is 0 Å². The third kappa shape index (κ3) is 5.77. The number of likely N-dealkylation sites (tertiary alicyclic amines) is 1. The van der Waals surface area contributed by atoms with Crippen molar-refractivity contribution in [3.63, 3.8) is 0 Å². The van der Waals surface area contributed by atoms with E-state index in [-0.39, 0.29) is 11.8 Å². The summed E-state index contributed by atoms with van der Waals surface area (Å²) in [5.74, 6) is 1.14. The van der Waals surface area contributed by atoms with Gasteiger partial charge in [-0.1, -0.05) is 51.8 Å². The Bertz CT molecular complexity index is 1300. The molecular weight excluding hydrogens is 524 g/mol. The molecule has 5 rings (SSSR count). The standard InChI is InChI=1S/C28H28BrClN4O/c29-22-9-13-24(14-10-22)34-26-6-2-1-5-25(26)32-27(34)19-33-17-3-4-21(18-33)28(35)31-16-15-20-7-11-23(30)12-8-20/h1-2,5-14,21H,3-4,15-19H2,(H,31,35)/t21-/m0/s1. The highest BCUT2D eigenvalue weighted by molar-refractivity contribution is 9.10. The summed E-state index contributed by atoms with van der Waals surface area (Å²) in [6.07, 6.45) is 2.73. The number of benzene rings is 3. The maximum Gasteiger partial charge on any atom is 0.224 e. The molecule has 1 aliphatic heterocycles. The van der Waals surface area contributed by atoms with Crippen molar-refractivity contribution in [3.8, 4) is 5.69 Å². The molecule has 1 saturated heterocycles. The number of nitrogens with one attached hydrogen (secondary N) is 1. The third-order valence-electron chi connectivity index (χ3n) is 6.58. The summed E-state index contributed by atoms with van der Waals surface area (Å²) in [7, 11) is 0. The minimum atomic E-state index is -0.000484. The SMILES string of the molecule is O=C(NCCc1ccc(Cl)cc1)[C@H]1CCCN(Cc2nc3ccccc3n2-c2ccc(Br)cc2)C1. The predicted octanol–water partition coefficient (Wildman–Crippen LogP) is 6.01. The van der Waals surface area contributed by atoms with Gasteiger partial charge >= 0.3 is 0 Å². The van der Waals surface area contributed by atoms with E-state index in [0.29, 0.717) is 13.1 Å². The van der Waals surface area contributed by atoms with E-state index in [2.05, 4.69) is 73.2 Å². The number of rotatable bonds is 7. The van der Waals surface area contributed by atoms with Crippen LogP contribution in [0.4, 0.5) is 0 Å². The normalized spacial score (nSPS) is 16.5. The lowest BCUT2D eigenvalue weighted by Gasteiger charge is -2.31. The Morgan fingerprint density at radius 1 is 1.06 bits per heavy atom. The lowest BCUT2D eigenvalue weighted by Crippen LogP contribution is -2.43. The van der Waals surface area contributed by atoms with E-state index in [1.54, 1.807) is 0 Å². The summed E-state index contributed by atoms with van der Waals surface area (Å²) in [5, 5.41) is 3.87. The van der Waals surface area contributed by atoms with Gasteiger partial charge < -0.3 is 5.32 Å². The molecule has 0 bridgehead atoms.